The van der Waals surface area contributed by atoms with E-state index in [2.05, 4.69) is 13.8 Å². The molecule has 0 spiro atoms. The topological polar surface area (TPSA) is 108 Å². The molecule has 1 N–H and O–H groups in total. The van der Waals surface area contributed by atoms with Gasteiger partial charge in [-0.05, 0) is 19.8 Å². The van der Waals surface area contributed by atoms with E-state index in [0.717, 1.165) is 38.5 Å². The molecular weight excluding hydrogens is 711 g/mol. The van der Waals surface area contributed by atoms with E-state index < -0.39 is 19.9 Å². The summed E-state index contributed by atoms with van der Waals surface area (Å²) in [5.74, 6) is -0.781. The lowest BCUT2D eigenvalue weighted by Crippen LogP contribution is -2.29. The fraction of sp³-hybridized carbons (Fsp3) is 0.957. The predicted molar refractivity (Wildman–Crippen MR) is 230 cm³/mol. The number of phosphoric acid groups is 1. The van der Waals surface area contributed by atoms with Crippen molar-refractivity contribution < 1.29 is 37.6 Å². The number of rotatable bonds is 45. The van der Waals surface area contributed by atoms with Gasteiger partial charge in [-0.1, -0.05) is 226 Å². The molecule has 328 valence electrons. The monoisotopic (exact) mass is 803 g/mol. The van der Waals surface area contributed by atoms with Crippen molar-refractivity contribution >= 4 is 19.8 Å². The van der Waals surface area contributed by atoms with Crippen molar-refractivity contribution in [2.45, 2.75) is 264 Å². The summed E-state index contributed by atoms with van der Waals surface area (Å²) in [5.41, 5.74) is 0. The van der Waals surface area contributed by atoms with Gasteiger partial charge in [-0.2, -0.15) is 0 Å². The zero-order valence-electron chi connectivity index (χ0n) is 36.6. The van der Waals surface area contributed by atoms with Gasteiger partial charge in [-0.3, -0.25) is 18.6 Å². The van der Waals surface area contributed by atoms with Crippen LogP contribution in [0, 0.1) is 0 Å². The minimum atomic E-state index is -4.27. The smallest absolute Gasteiger partial charge is 0.462 e. The van der Waals surface area contributed by atoms with Gasteiger partial charge in [-0.25, -0.2) is 4.57 Å². The van der Waals surface area contributed by atoms with Gasteiger partial charge in [0.25, 0.3) is 0 Å². The van der Waals surface area contributed by atoms with Gasteiger partial charge in [0, 0.05) is 12.8 Å². The fourth-order valence-corrected chi connectivity index (χ4v) is 7.92. The van der Waals surface area contributed by atoms with E-state index in [0.29, 0.717) is 6.42 Å². The summed E-state index contributed by atoms with van der Waals surface area (Å²) in [7, 11) is -4.27. The molecule has 0 heterocycles. The Morgan fingerprint density at radius 3 is 1.02 bits per heavy atom. The van der Waals surface area contributed by atoms with Crippen LogP contribution in [0.5, 0.6) is 0 Å². The number of hydrogen-bond acceptors (Lipinski definition) is 7. The molecule has 9 heteroatoms. The standard InChI is InChI=1S/C46H91O8P/c1-4-7-9-11-13-15-17-18-19-20-21-22-23-24-25-26-27-28-29-31-33-35-37-39-41-46(48)54-44(43-53-55(49,50)52-6-3)42-51-45(47)40-38-36-34-32-30-16-14-12-10-8-5-2/h44H,4-43H2,1-3H3,(H,49,50). The third kappa shape index (κ3) is 42.5. The number of unbranched alkanes of at least 4 members (excludes halogenated alkanes) is 33. The molecule has 0 saturated heterocycles. The second kappa shape index (κ2) is 42.7. The van der Waals surface area contributed by atoms with E-state index in [1.165, 1.54) is 186 Å². The first kappa shape index (κ1) is 54.0. The first-order valence-corrected chi connectivity index (χ1v) is 25.3. The van der Waals surface area contributed by atoms with E-state index in [4.69, 9.17) is 18.5 Å². The van der Waals surface area contributed by atoms with Crippen molar-refractivity contribution in [1.29, 1.82) is 0 Å². The Kier molecular flexibility index (Phi) is 41.9. The number of carbonyl (C=O) groups excluding carboxylic acids is 2. The molecule has 0 aliphatic carbocycles. The number of carbonyl (C=O) groups is 2. The van der Waals surface area contributed by atoms with Crippen molar-refractivity contribution in [3.05, 3.63) is 0 Å². The third-order valence-electron chi connectivity index (χ3n) is 10.7. The van der Waals surface area contributed by atoms with Crippen LogP contribution in [-0.2, 0) is 32.7 Å². The molecule has 0 radical (unpaired) electrons. The Bertz CT molecular complexity index is 869. The van der Waals surface area contributed by atoms with Crippen LogP contribution in [-0.4, -0.2) is 42.8 Å². The van der Waals surface area contributed by atoms with E-state index in [1.807, 2.05) is 0 Å². The Morgan fingerprint density at radius 1 is 0.418 bits per heavy atom. The van der Waals surface area contributed by atoms with E-state index in [-0.39, 0.29) is 32.2 Å². The van der Waals surface area contributed by atoms with Gasteiger partial charge >= 0.3 is 19.8 Å². The van der Waals surface area contributed by atoms with Crippen LogP contribution < -0.4 is 0 Å². The molecule has 0 aromatic heterocycles. The van der Waals surface area contributed by atoms with E-state index in [9.17, 15) is 19.0 Å². The molecular formula is C46H91O8P. The van der Waals surface area contributed by atoms with Crippen LogP contribution >= 0.6 is 7.82 Å². The largest absolute Gasteiger partial charge is 0.472 e. The quantitative estimate of drug-likeness (QED) is 0.0368. The zero-order valence-corrected chi connectivity index (χ0v) is 37.5. The molecule has 0 aromatic rings. The molecule has 55 heavy (non-hydrogen) atoms. The van der Waals surface area contributed by atoms with Crippen molar-refractivity contribution in [2.75, 3.05) is 19.8 Å². The summed E-state index contributed by atoms with van der Waals surface area (Å²) in [5, 5.41) is 0. The molecule has 0 amide bonds. The Labute approximate surface area is 340 Å². The highest BCUT2D eigenvalue weighted by Gasteiger charge is 2.25. The summed E-state index contributed by atoms with van der Waals surface area (Å²) in [6.07, 6.45) is 44.6. The van der Waals surface area contributed by atoms with Crippen molar-refractivity contribution in [1.82, 2.24) is 0 Å². The predicted octanol–water partition coefficient (Wildman–Crippen LogP) is 15.1. The second-order valence-corrected chi connectivity index (χ2v) is 17.6. The molecule has 2 unspecified atom stereocenters. The van der Waals surface area contributed by atoms with Crippen LogP contribution in [0.25, 0.3) is 0 Å². The summed E-state index contributed by atoms with van der Waals surface area (Å²) in [4.78, 5) is 34.7. The number of phosphoric ester groups is 1. The van der Waals surface area contributed by atoms with Crippen LogP contribution in [0.3, 0.4) is 0 Å². The van der Waals surface area contributed by atoms with E-state index in [1.54, 1.807) is 6.92 Å². The Balaban J connectivity index is 3.88. The molecule has 0 aromatic carbocycles. The molecule has 2 atom stereocenters. The number of ether oxygens (including phenoxy) is 2. The minimum Gasteiger partial charge on any atom is -0.462 e. The summed E-state index contributed by atoms with van der Waals surface area (Å²) < 4.78 is 32.7. The Hall–Kier alpha value is -0.950. The van der Waals surface area contributed by atoms with Gasteiger partial charge in [-0.15, -0.1) is 0 Å². The highest BCUT2D eigenvalue weighted by molar-refractivity contribution is 7.47. The maximum absolute atomic E-state index is 12.6. The SMILES string of the molecule is CCCCCCCCCCCCCCCCCCCCCCCCCCC(=O)OC(COC(=O)CCCCCCCCCCCCC)COP(=O)(O)OCC. The van der Waals surface area contributed by atoms with Gasteiger partial charge in [0.2, 0.25) is 0 Å². The molecule has 0 bridgehead atoms. The first-order chi connectivity index (χ1) is 26.8. The molecule has 0 rings (SSSR count). The van der Waals surface area contributed by atoms with Crippen LogP contribution in [0.1, 0.15) is 258 Å². The maximum Gasteiger partial charge on any atom is 0.472 e. The first-order valence-electron chi connectivity index (χ1n) is 23.8. The van der Waals surface area contributed by atoms with Crippen molar-refractivity contribution in [3.63, 3.8) is 0 Å². The Morgan fingerprint density at radius 2 is 0.709 bits per heavy atom. The molecule has 0 aliphatic rings. The lowest BCUT2D eigenvalue weighted by atomic mass is 10.0. The maximum atomic E-state index is 12.6. The van der Waals surface area contributed by atoms with Crippen molar-refractivity contribution in [2.24, 2.45) is 0 Å². The molecule has 8 nitrogen and oxygen atoms in total. The summed E-state index contributed by atoms with van der Waals surface area (Å²) in [6.45, 7) is 5.52. The summed E-state index contributed by atoms with van der Waals surface area (Å²) in [6, 6.07) is 0. The van der Waals surface area contributed by atoms with Crippen molar-refractivity contribution in [3.8, 4) is 0 Å². The molecule has 0 saturated carbocycles. The minimum absolute atomic E-state index is 0.00570. The summed E-state index contributed by atoms with van der Waals surface area (Å²) >= 11 is 0. The van der Waals surface area contributed by atoms with E-state index >= 15 is 0 Å². The number of esters is 2. The van der Waals surface area contributed by atoms with Crippen LogP contribution in [0.2, 0.25) is 0 Å². The molecule has 0 aliphatic heterocycles. The van der Waals surface area contributed by atoms with Gasteiger partial charge < -0.3 is 14.4 Å². The lowest BCUT2D eigenvalue weighted by molar-refractivity contribution is -0.161. The fourth-order valence-electron chi connectivity index (χ4n) is 7.16. The second-order valence-electron chi connectivity index (χ2n) is 16.1. The average molecular weight is 803 g/mol. The van der Waals surface area contributed by atoms with Gasteiger partial charge in [0.1, 0.15) is 6.61 Å². The molecule has 0 fully saturated rings. The zero-order chi connectivity index (χ0) is 40.3. The highest BCUT2D eigenvalue weighted by Crippen LogP contribution is 2.43. The number of hydrogen-bond donors (Lipinski definition) is 1. The lowest BCUT2D eigenvalue weighted by Gasteiger charge is -2.19. The normalized spacial score (nSPS) is 13.2. The third-order valence-corrected chi connectivity index (χ3v) is 11.7. The highest BCUT2D eigenvalue weighted by atomic mass is 31.2. The van der Waals surface area contributed by atoms with Crippen LogP contribution in [0.4, 0.5) is 0 Å². The van der Waals surface area contributed by atoms with Gasteiger partial charge in [0.05, 0.1) is 13.2 Å². The van der Waals surface area contributed by atoms with Crippen LogP contribution in [0.15, 0.2) is 0 Å². The average Bonchev–Trinajstić information content (AvgIpc) is 3.16. The van der Waals surface area contributed by atoms with Gasteiger partial charge in [0.15, 0.2) is 6.10 Å².